The summed E-state index contributed by atoms with van der Waals surface area (Å²) in [5, 5.41) is 0.560. The van der Waals surface area contributed by atoms with E-state index in [1.807, 2.05) is 0 Å². The Morgan fingerprint density at radius 2 is 1.94 bits per heavy atom. The molecular formula is C11H11ClN2O3. The molecule has 0 amide bonds. The highest BCUT2D eigenvalue weighted by Gasteiger charge is 2.12. The molecule has 0 atom stereocenters. The Morgan fingerprint density at radius 3 is 2.41 bits per heavy atom. The van der Waals surface area contributed by atoms with E-state index in [2.05, 4.69) is 10.2 Å². The van der Waals surface area contributed by atoms with E-state index in [0.717, 1.165) is 13.2 Å². The molecule has 0 heterocycles. The minimum absolute atomic E-state index is 0.303. The third-order valence-corrected chi connectivity index (χ3v) is 2.22. The Labute approximate surface area is 103 Å². The van der Waals surface area contributed by atoms with Gasteiger partial charge in [-0.25, -0.2) is 4.79 Å². The fraction of sp³-hybridized carbons (Fsp3) is 0.0909. The van der Waals surface area contributed by atoms with Crippen LogP contribution in [0.25, 0.3) is 5.70 Å². The third-order valence-electron chi connectivity index (χ3n) is 1.97. The second kappa shape index (κ2) is 6.03. The average molecular weight is 255 g/mol. The summed E-state index contributed by atoms with van der Waals surface area (Å²) >= 11 is 5.73. The Bertz CT molecular complexity index is 454. The molecule has 0 aromatic heterocycles. The lowest BCUT2D eigenvalue weighted by Crippen LogP contribution is -2.22. The Kier molecular flexibility index (Phi) is 4.68. The fourth-order valence-corrected chi connectivity index (χ4v) is 1.25. The minimum atomic E-state index is -0.952. The molecule has 17 heavy (non-hydrogen) atoms. The fourth-order valence-electron chi connectivity index (χ4n) is 1.13. The van der Waals surface area contributed by atoms with Gasteiger partial charge in [0.15, 0.2) is 0 Å². The maximum absolute atomic E-state index is 11.3. The topological polar surface area (TPSA) is 81.4 Å². The van der Waals surface area contributed by atoms with Gasteiger partial charge in [0, 0.05) is 11.1 Å². The molecule has 1 rings (SSSR count). The van der Waals surface area contributed by atoms with Crippen molar-refractivity contribution in [2.45, 2.75) is 0 Å². The molecule has 6 heteroatoms. The van der Waals surface area contributed by atoms with E-state index in [9.17, 15) is 9.59 Å². The predicted octanol–water partition coefficient (Wildman–Crippen LogP) is 0.886. The molecule has 0 aliphatic heterocycles. The number of carbonyl (C=O) groups is 2. The first kappa shape index (κ1) is 13.2. The quantitative estimate of drug-likeness (QED) is 0.274. The number of nitrogens with two attached hydrogens (primary N) is 1. The highest BCUT2D eigenvalue weighted by atomic mass is 35.5. The van der Waals surface area contributed by atoms with Crippen molar-refractivity contribution in [3.05, 3.63) is 40.9 Å². The van der Waals surface area contributed by atoms with Crippen LogP contribution in [0.15, 0.2) is 30.3 Å². The summed E-state index contributed by atoms with van der Waals surface area (Å²) in [7, 11) is 1.13. The maximum atomic E-state index is 11.3. The van der Waals surface area contributed by atoms with Gasteiger partial charge in [-0.2, -0.15) is 0 Å². The highest BCUT2D eigenvalue weighted by molar-refractivity contribution is 6.39. The number of hydrogen-bond donors (Lipinski definition) is 2. The number of hydrogen-bond acceptors (Lipinski definition) is 5. The van der Waals surface area contributed by atoms with Gasteiger partial charge in [-0.15, -0.1) is 0 Å². The number of halogens is 1. The number of hydrazine groups is 1. The molecule has 1 aromatic carbocycles. The van der Waals surface area contributed by atoms with Gasteiger partial charge in [0.25, 0.3) is 5.78 Å². The van der Waals surface area contributed by atoms with Crippen LogP contribution in [0.1, 0.15) is 5.56 Å². The van der Waals surface area contributed by atoms with Crippen LogP contribution in [0.5, 0.6) is 0 Å². The van der Waals surface area contributed by atoms with Crippen LogP contribution in [-0.2, 0) is 14.3 Å². The molecule has 5 nitrogen and oxygen atoms in total. The number of methoxy groups -OCH3 is 1. The van der Waals surface area contributed by atoms with E-state index in [4.69, 9.17) is 17.4 Å². The van der Waals surface area contributed by atoms with Gasteiger partial charge in [0.2, 0.25) is 0 Å². The average Bonchev–Trinajstić information content (AvgIpc) is 2.35. The molecule has 0 unspecified atom stereocenters. The summed E-state index contributed by atoms with van der Waals surface area (Å²) < 4.78 is 4.29. The van der Waals surface area contributed by atoms with Crippen molar-refractivity contribution in [1.82, 2.24) is 5.43 Å². The molecule has 0 radical (unpaired) electrons. The summed E-state index contributed by atoms with van der Waals surface area (Å²) in [5.41, 5.74) is 3.27. The first-order valence-corrected chi connectivity index (χ1v) is 5.02. The Balaban J connectivity index is 2.99. The SMILES string of the molecule is COC(=O)C(=O)C=C(NN)c1ccc(Cl)cc1. The van der Waals surface area contributed by atoms with Crippen LogP contribution in [0, 0.1) is 0 Å². The molecule has 0 bridgehead atoms. The Hall–Kier alpha value is -1.85. The lowest BCUT2D eigenvalue weighted by molar-refractivity contribution is -0.149. The van der Waals surface area contributed by atoms with Crippen molar-refractivity contribution < 1.29 is 14.3 Å². The highest BCUT2D eigenvalue weighted by Crippen LogP contribution is 2.15. The molecule has 3 N–H and O–H groups in total. The molecule has 0 saturated carbocycles. The van der Waals surface area contributed by atoms with Crippen LogP contribution >= 0.6 is 11.6 Å². The number of ketones is 1. The van der Waals surface area contributed by atoms with Crippen molar-refractivity contribution in [3.63, 3.8) is 0 Å². The van der Waals surface area contributed by atoms with Crippen molar-refractivity contribution in [1.29, 1.82) is 0 Å². The van der Waals surface area contributed by atoms with Gasteiger partial charge >= 0.3 is 5.97 Å². The van der Waals surface area contributed by atoms with E-state index in [1.165, 1.54) is 0 Å². The lowest BCUT2D eigenvalue weighted by Gasteiger charge is -2.06. The number of carbonyl (C=O) groups excluding carboxylic acids is 2. The van der Waals surface area contributed by atoms with Gasteiger partial charge < -0.3 is 10.2 Å². The second-order valence-corrected chi connectivity index (χ2v) is 3.50. The predicted molar refractivity (Wildman–Crippen MR) is 63.8 cm³/mol. The van der Waals surface area contributed by atoms with Crippen molar-refractivity contribution >= 4 is 29.1 Å². The number of nitrogens with one attached hydrogen (secondary N) is 1. The minimum Gasteiger partial charge on any atom is -0.463 e. The first-order chi connectivity index (χ1) is 8.08. The van der Waals surface area contributed by atoms with Crippen LogP contribution < -0.4 is 11.3 Å². The lowest BCUT2D eigenvalue weighted by atomic mass is 10.1. The zero-order valence-electron chi connectivity index (χ0n) is 9.07. The monoisotopic (exact) mass is 254 g/mol. The summed E-state index contributed by atoms with van der Waals surface area (Å²) in [6.07, 6.45) is 1.06. The van der Waals surface area contributed by atoms with Gasteiger partial charge in [-0.05, 0) is 17.7 Å². The normalized spacial score (nSPS) is 10.9. The van der Waals surface area contributed by atoms with Crippen LogP contribution in [-0.4, -0.2) is 18.9 Å². The van der Waals surface area contributed by atoms with Gasteiger partial charge in [0.1, 0.15) is 0 Å². The summed E-state index contributed by atoms with van der Waals surface area (Å²) in [6.45, 7) is 0. The standard InChI is InChI=1S/C11H11ClN2O3/c1-17-11(16)10(15)6-9(14-13)7-2-4-8(12)5-3-7/h2-6,14H,13H2,1H3. The van der Waals surface area contributed by atoms with Crippen molar-refractivity contribution in [2.24, 2.45) is 5.84 Å². The Morgan fingerprint density at radius 1 is 1.35 bits per heavy atom. The van der Waals surface area contributed by atoms with Gasteiger partial charge in [0.05, 0.1) is 12.8 Å². The van der Waals surface area contributed by atoms with Crippen molar-refractivity contribution in [3.8, 4) is 0 Å². The second-order valence-electron chi connectivity index (χ2n) is 3.07. The number of ether oxygens (including phenoxy) is 1. The first-order valence-electron chi connectivity index (χ1n) is 4.65. The molecule has 0 fully saturated rings. The largest absolute Gasteiger partial charge is 0.463 e. The number of rotatable bonds is 4. The summed E-state index contributed by atoms with van der Waals surface area (Å²) in [4.78, 5) is 22.3. The molecular weight excluding hydrogens is 244 g/mol. The van der Waals surface area contributed by atoms with E-state index < -0.39 is 11.8 Å². The summed E-state index contributed by atoms with van der Waals surface area (Å²) in [6, 6.07) is 6.62. The smallest absolute Gasteiger partial charge is 0.378 e. The molecule has 1 aromatic rings. The number of benzene rings is 1. The van der Waals surface area contributed by atoms with E-state index in [-0.39, 0.29) is 0 Å². The van der Waals surface area contributed by atoms with E-state index in [1.54, 1.807) is 24.3 Å². The van der Waals surface area contributed by atoms with E-state index >= 15 is 0 Å². The molecule has 90 valence electrons. The van der Waals surface area contributed by atoms with Crippen molar-refractivity contribution in [2.75, 3.05) is 7.11 Å². The van der Waals surface area contributed by atoms with Gasteiger partial charge in [-0.1, -0.05) is 23.7 Å². The molecule has 0 saturated heterocycles. The van der Waals surface area contributed by atoms with Gasteiger partial charge in [-0.3, -0.25) is 10.6 Å². The zero-order valence-corrected chi connectivity index (χ0v) is 9.82. The number of esters is 1. The molecule has 0 aliphatic carbocycles. The van der Waals surface area contributed by atoms with Crippen LogP contribution in [0.3, 0.4) is 0 Å². The third kappa shape index (κ3) is 3.58. The van der Waals surface area contributed by atoms with Crippen LogP contribution in [0.2, 0.25) is 5.02 Å². The molecule has 0 spiro atoms. The zero-order chi connectivity index (χ0) is 12.8. The summed E-state index contributed by atoms with van der Waals surface area (Å²) in [5.74, 6) is 3.53. The van der Waals surface area contributed by atoms with Crippen LogP contribution in [0.4, 0.5) is 0 Å². The molecule has 0 aliphatic rings. The maximum Gasteiger partial charge on any atom is 0.378 e. The van der Waals surface area contributed by atoms with E-state index in [0.29, 0.717) is 16.3 Å².